The van der Waals surface area contributed by atoms with Crippen molar-refractivity contribution < 1.29 is 0 Å². The number of rotatable bonds is 2. The fourth-order valence-electron chi connectivity index (χ4n) is 3.06. The van der Waals surface area contributed by atoms with Gasteiger partial charge in [-0.15, -0.1) is 0 Å². The maximum absolute atomic E-state index is 4.63. The Bertz CT molecular complexity index is 356. The molecule has 1 aromatic heterocycles. The molecule has 17 heavy (non-hydrogen) atoms. The maximum atomic E-state index is 4.63. The van der Waals surface area contributed by atoms with Gasteiger partial charge in [0, 0.05) is 18.3 Å². The highest BCUT2D eigenvalue weighted by Gasteiger charge is 2.31. The van der Waals surface area contributed by atoms with Gasteiger partial charge in [-0.25, -0.2) is 0 Å². The Balaban J connectivity index is 2.25. The van der Waals surface area contributed by atoms with E-state index in [1.807, 2.05) is 6.20 Å². The summed E-state index contributed by atoms with van der Waals surface area (Å²) in [6.07, 6.45) is 5.89. The summed E-state index contributed by atoms with van der Waals surface area (Å²) >= 11 is 0. The lowest BCUT2D eigenvalue weighted by Crippen LogP contribution is -2.44. The van der Waals surface area contributed by atoms with E-state index in [2.05, 4.69) is 49.7 Å². The number of hydrogen-bond acceptors (Lipinski definition) is 2. The first-order valence-electron chi connectivity index (χ1n) is 6.79. The zero-order valence-electron chi connectivity index (χ0n) is 11.5. The summed E-state index contributed by atoms with van der Waals surface area (Å²) in [7, 11) is 0. The molecule has 0 aromatic carbocycles. The Morgan fingerprint density at radius 3 is 2.65 bits per heavy atom. The zero-order chi connectivity index (χ0) is 12.4. The molecule has 1 fully saturated rings. The molecule has 2 rings (SSSR count). The number of nitrogens with zero attached hydrogens (tertiary/aromatic N) is 2. The van der Waals surface area contributed by atoms with Crippen LogP contribution in [0.1, 0.15) is 57.3 Å². The van der Waals surface area contributed by atoms with Crippen LogP contribution in [0, 0.1) is 6.92 Å². The lowest BCUT2D eigenvalue weighted by atomic mass is 9.92. The topological polar surface area (TPSA) is 16.1 Å². The average molecular weight is 232 g/mol. The van der Waals surface area contributed by atoms with E-state index in [-0.39, 0.29) is 0 Å². The van der Waals surface area contributed by atoms with Gasteiger partial charge in [0.05, 0.1) is 11.7 Å². The summed E-state index contributed by atoms with van der Waals surface area (Å²) in [4.78, 5) is 7.25. The standard InChI is InChI=1S/C15H24N2/c1-11(2)17-13(4)6-5-7-15(17)14-9-8-12(3)10-16-14/h8-11,13,15H,5-7H2,1-4H3. The van der Waals surface area contributed by atoms with E-state index in [0.29, 0.717) is 18.1 Å². The molecule has 0 radical (unpaired) electrons. The minimum absolute atomic E-state index is 0.513. The van der Waals surface area contributed by atoms with Gasteiger partial charge in [0.2, 0.25) is 0 Å². The molecule has 2 nitrogen and oxygen atoms in total. The van der Waals surface area contributed by atoms with E-state index in [4.69, 9.17) is 0 Å². The van der Waals surface area contributed by atoms with E-state index in [9.17, 15) is 0 Å². The van der Waals surface area contributed by atoms with Crippen molar-refractivity contribution in [2.75, 3.05) is 0 Å². The maximum Gasteiger partial charge on any atom is 0.0575 e. The largest absolute Gasteiger partial charge is 0.290 e. The number of likely N-dealkylation sites (tertiary alicyclic amines) is 1. The van der Waals surface area contributed by atoms with Crippen molar-refractivity contribution in [3.63, 3.8) is 0 Å². The van der Waals surface area contributed by atoms with Gasteiger partial charge in [-0.2, -0.15) is 0 Å². The molecule has 2 heteroatoms. The minimum atomic E-state index is 0.513. The van der Waals surface area contributed by atoms with Crippen LogP contribution in [0.25, 0.3) is 0 Å². The predicted octanol–water partition coefficient (Wildman–Crippen LogP) is 3.71. The van der Waals surface area contributed by atoms with Crippen LogP contribution in [0.3, 0.4) is 0 Å². The van der Waals surface area contributed by atoms with Crippen LogP contribution in [0.5, 0.6) is 0 Å². The molecular formula is C15H24N2. The Morgan fingerprint density at radius 2 is 2.06 bits per heavy atom. The van der Waals surface area contributed by atoms with Gasteiger partial charge in [-0.1, -0.05) is 6.07 Å². The Kier molecular flexibility index (Phi) is 3.82. The molecule has 0 N–H and O–H groups in total. The lowest BCUT2D eigenvalue weighted by Gasteiger charge is -2.43. The smallest absolute Gasteiger partial charge is 0.0575 e. The van der Waals surface area contributed by atoms with Gasteiger partial charge in [0.25, 0.3) is 0 Å². The second-order valence-corrected chi connectivity index (χ2v) is 5.60. The highest BCUT2D eigenvalue weighted by Crippen LogP contribution is 2.34. The molecule has 94 valence electrons. The van der Waals surface area contributed by atoms with Crippen molar-refractivity contribution in [3.8, 4) is 0 Å². The summed E-state index contributed by atoms with van der Waals surface area (Å²) in [5.74, 6) is 0. The number of piperidine rings is 1. The third kappa shape index (κ3) is 2.68. The molecule has 0 bridgehead atoms. The van der Waals surface area contributed by atoms with E-state index in [1.54, 1.807) is 0 Å². The van der Waals surface area contributed by atoms with Gasteiger partial charge in [0.15, 0.2) is 0 Å². The highest BCUT2D eigenvalue weighted by atomic mass is 15.2. The Labute approximate surface area is 105 Å². The lowest BCUT2D eigenvalue weighted by molar-refractivity contribution is 0.0578. The second-order valence-electron chi connectivity index (χ2n) is 5.60. The molecule has 0 spiro atoms. The minimum Gasteiger partial charge on any atom is -0.290 e. The number of hydrogen-bond donors (Lipinski definition) is 0. The Morgan fingerprint density at radius 1 is 1.29 bits per heavy atom. The molecule has 1 aromatic rings. The molecule has 1 aliphatic heterocycles. The zero-order valence-corrected chi connectivity index (χ0v) is 11.5. The number of pyridine rings is 1. The van der Waals surface area contributed by atoms with Gasteiger partial charge in [0.1, 0.15) is 0 Å². The van der Waals surface area contributed by atoms with E-state index in [1.165, 1.54) is 30.5 Å². The van der Waals surface area contributed by atoms with Crippen molar-refractivity contribution in [2.45, 2.75) is 65.1 Å². The van der Waals surface area contributed by atoms with Gasteiger partial charge in [-0.3, -0.25) is 9.88 Å². The van der Waals surface area contributed by atoms with Crippen LogP contribution in [-0.2, 0) is 0 Å². The molecule has 0 saturated carbocycles. The van der Waals surface area contributed by atoms with Crippen molar-refractivity contribution >= 4 is 0 Å². The summed E-state index contributed by atoms with van der Waals surface area (Å²) in [6.45, 7) is 9.03. The van der Waals surface area contributed by atoms with E-state index >= 15 is 0 Å². The summed E-state index contributed by atoms with van der Waals surface area (Å²) in [5.41, 5.74) is 2.49. The molecule has 0 amide bonds. The van der Waals surface area contributed by atoms with Crippen LogP contribution < -0.4 is 0 Å². The highest BCUT2D eigenvalue weighted by molar-refractivity contribution is 5.16. The van der Waals surface area contributed by atoms with Crippen LogP contribution in [-0.4, -0.2) is 22.0 Å². The quantitative estimate of drug-likeness (QED) is 0.772. The predicted molar refractivity (Wildman–Crippen MR) is 72.0 cm³/mol. The van der Waals surface area contributed by atoms with Gasteiger partial charge >= 0.3 is 0 Å². The molecule has 2 unspecified atom stereocenters. The molecular weight excluding hydrogens is 208 g/mol. The first-order valence-corrected chi connectivity index (χ1v) is 6.79. The molecule has 0 aliphatic carbocycles. The fourth-order valence-corrected chi connectivity index (χ4v) is 3.06. The summed E-state index contributed by atoms with van der Waals surface area (Å²) < 4.78 is 0. The molecule has 1 aliphatic rings. The third-order valence-electron chi connectivity index (χ3n) is 3.84. The summed E-state index contributed by atoms with van der Waals surface area (Å²) in [5, 5.41) is 0. The van der Waals surface area contributed by atoms with Crippen molar-refractivity contribution in [1.29, 1.82) is 0 Å². The van der Waals surface area contributed by atoms with E-state index < -0.39 is 0 Å². The van der Waals surface area contributed by atoms with Crippen LogP contribution in [0.2, 0.25) is 0 Å². The van der Waals surface area contributed by atoms with Gasteiger partial charge in [-0.05, 0) is 58.6 Å². The normalized spacial score (nSPS) is 26.4. The van der Waals surface area contributed by atoms with Crippen molar-refractivity contribution in [3.05, 3.63) is 29.6 Å². The molecule has 2 atom stereocenters. The van der Waals surface area contributed by atoms with Crippen LogP contribution >= 0.6 is 0 Å². The molecule has 2 heterocycles. The first kappa shape index (κ1) is 12.6. The monoisotopic (exact) mass is 232 g/mol. The average Bonchev–Trinajstić information content (AvgIpc) is 2.29. The fraction of sp³-hybridized carbons (Fsp3) is 0.667. The van der Waals surface area contributed by atoms with Gasteiger partial charge < -0.3 is 0 Å². The molecule has 1 saturated heterocycles. The van der Waals surface area contributed by atoms with Crippen LogP contribution in [0.4, 0.5) is 0 Å². The number of aryl methyl sites for hydroxylation is 1. The number of aromatic nitrogens is 1. The summed E-state index contributed by atoms with van der Waals surface area (Å²) in [6, 6.07) is 6.17. The SMILES string of the molecule is Cc1ccc(C2CCCC(C)N2C(C)C)nc1. The Hall–Kier alpha value is -0.890. The second kappa shape index (κ2) is 5.18. The third-order valence-corrected chi connectivity index (χ3v) is 3.84. The first-order chi connectivity index (χ1) is 8.09. The van der Waals surface area contributed by atoms with E-state index in [0.717, 1.165) is 0 Å². The van der Waals surface area contributed by atoms with Crippen LogP contribution in [0.15, 0.2) is 18.3 Å². The van der Waals surface area contributed by atoms with Crippen molar-refractivity contribution in [2.24, 2.45) is 0 Å². The van der Waals surface area contributed by atoms with Crippen molar-refractivity contribution in [1.82, 2.24) is 9.88 Å².